The molecule has 0 aliphatic carbocycles. The number of carbonyl (C=O) groups is 1. The molecule has 2 rings (SSSR count). The molecule has 1 aliphatic heterocycles. The molecule has 1 heterocycles. The van der Waals surface area contributed by atoms with Crippen LogP contribution in [0.4, 0.5) is 0 Å². The maximum atomic E-state index is 11.9. The molecular formula is C11H13NO2S. The van der Waals surface area contributed by atoms with Gasteiger partial charge in [-0.2, -0.15) is 0 Å². The van der Waals surface area contributed by atoms with Crippen LogP contribution in [0.2, 0.25) is 0 Å². The molecule has 0 aromatic heterocycles. The van der Waals surface area contributed by atoms with E-state index in [2.05, 4.69) is 0 Å². The fourth-order valence-corrected chi connectivity index (χ4v) is 2.66. The molecule has 0 saturated carbocycles. The van der Waals surface area contributed by atoms with Gasteiger partial charge in [-0.1, -0.05) is 29.4 Å². The molecule has 1 amide bonds. The van der Waals surface area contributed by atoms with E-state index in [-0.39, 0.29) is 5.91 Å². The minimum Gasteiger partial charge on any atom is -0.616 e. The quantitative estimate of drug-likeness (QED) is 0.664. The molecule has 1 aromatic carbocycles. The summed E-state index contributed by atoms with van der Waals surface area (Å²) in [7, 11) is 0. The van der Waals surface area contributed by atoms with Crippen molar-refractivity contribution in [1.29, 1.82) is 0 Å². The van der Waals surface area contributed by atoms with Crippen molar-refractivity contribution in [2.45, 2.75) is 0 Å². The first-order valence-electron chi connectivity index (χ1n) is 4.96. The first-order chi connectivity index (χ1) is 7.27. The van der Waals surface area contributed by atoms with E-state index in [0.717, 1.165) is 0 Å². The summed E-state index contributed by atoms with van der Waals surface area (Å²) >= 11 is -0.728. The third kappa shape index (κ3) is 2.52. The van der Waals surface area contributed by atoms with Crippen molar-refractivity contribution < 1.29 is 9.35 Å². The third-order valence-corrected chi connectivity index (χ3v) is 3.76. The number of rotatable bonds is 1. The molecule has 4 heteroatoms. The number of hydrogen-bond donors (Lipinski definition) is 0. The summed E-state index contributed by atoms with van der Waals surface area (Å²) in [6.07, 6.45) is 0. The average Bonchev–Trinajstić information content (AvgIpc) is 2.30. The minimum atomic E-state index is -0.728. The van der Waals surface area contributed by atoms with Crippen LogP contribution in [0.25, 0.3) is 0 Å². The van der Waals surface area contributed by atoms with Crippen molar-refractivity contribution in [2.24, 2.45) is 0 Å². The Morgan fingerprint density at radius 1 is 1.20 bits per heavy atom. The lowest BCUT2D eigenvalue weighted by Gasteiger charge is -2.28. The molecule has 1 aliphatic rings. The largest absolute Gasteiger partial charge is 0.616 e. The van der Waals surface area contributed by atoms with Gasteiger partial charge in [0, 0.05) is 5.56 Å². The van der Waals surface area contributed by atoms with Crippen molar-refractivity contribution in [3.05, 3.63) is 35.9 Å². The molecule has 0 spiro atoms. The van der Waals surface area contributed by atoms with E-state index in [0.29, 0.717) is 30.2 Å². The summed E-state index contributed by atoms with van der Waals surface area (Å²) in [5.74, 6) is 1.27. The Kier molecular flexibility index (Phi) is 3.28. The third-order valence-electron chi connectivity index (χ3n) is 2.49. The van der Waals surface area contributed by atoms with Gasteiger partial charge in [-0.05, 0) is 12.1 Å². The Morgan fingerprint density at radius 3 is 2.40 bits per heavy atom. The molecule has 3 nitrogen and oxygen atoms in total. The monoisotopic (exact) mass is 223 g/mol. The Bertz CT molecular complexity index is 334. The summed E-state index contributed by atoms with van der Waals surface area (Å²) in [6.45, 7) is 1.22. The lowest BCUT2D eigenvalue weighted by atomic mass is 10.2. The van der Waals surface area contributed by atoms with Gasteiger partial charge in [-0.15, -0.1) is 0 Å². The average molecular weight is 223 g/mol. The molecule has 1 fully saturated rings. The highest BCUT2D eigenvalue weighted by atomic mass is 32.2. The zero-order valence-corrected chi connectivity index (χ0v) is 9.20. The molecule has 0 bridgehead atoms. The number of amides is 1. The van der Waals surface area contributed by atoms with Crippen LogP contribution < -0.4 is 0 Å². The highest BCUT2D eigenvalue weighted by molar-refractivity contribution is 7.91. The lowest BCUT2D eigenvalue weighted by Crippen LogP contribution is -2.43. The zero-order chi connectivity index (χ0) is 10.7. The highest BCUT2D eigenvalue weighted by Crippen LogP contribution is 2.09. The second-order valence-electron chi connectivity index (χ2n) is 3.51. The van der Waals surface area contributed by atoms with E-state index in [1.54, 1.807) is 4.90 Å². The Labute approximate surface area is 92.3 Å². The Morgan fingerprint density at radius 2 is 1.80 bits per heavy atom. The van der Waals surface area contributed by atoms with Crippen molar-refractivity contribution >= 4 is 17.1 Å². The molecule has 1 saturated heterocycles. The highest BCUT2D eigenvalue weighted by Gasteiger charge is 2.23. The summed E-state index contributed by atoms with van der Waals surface area (Å²) in [5.41, 5.74) is 0.713. The minimum absolute atomic E-state index is 0.0484. The van der Waals surface area contributed by atoms with Gasteiger partial charge in [-0.25, -0.2) is 0 Å². The van der Waals surface area contributed by atoms with Crippen LogP contribution >= 0.6 is 0 Å². The Balaban J connectivity index is 2.03. The predicted octanol–water partition coefficient (Wildman–Crippen LogP) is 0.891. The van der Waals surface area contributed by atoms with Crippen molar-refractivity contribution in [3.8, 4) is 0 Å². The molecule has 1 aromatic rings. The summed E-state index contributed by atoms with van der Waals surface area (Å²) in [4.78, 5) is 13.7. The van der Waals surface area contributed by atoms with Gasteiger partial charge >= 0.3 is 0 Å². The van der Waals surface area contributed by atoms with Gasteiger partial charge in [0.25, 0.3) is 5.91 Å². The number of nitrogens with zero attached hydrogens (tertiary/aromatic N) is 1. The summed E-state index contributed by atoms with van der Waals surface area (Å²) in [5, 5.41) is 0. The van der Waals surface area contributed by atoms with E-state index in [4.69, 9.17) is 0 Å². The molecule has 0 radical (unpaired) electrons. The number of benzene rings is 1. The Hall–Kier alpha value is -1.00. The lowest BCUT2D eigenvalue weighted by molar-refractivity contribution is 0.0770. The standard InChI is InChI=1S/C11H13NO2S/c13-11(10-4-2-1-3-5-10)12-6-8-15(14)9-7-12/h1-5H,6-9H2. The van der Waals surface area contributed by atoms with Crippen LogP contribution in [-0.2, 0) is 11.2 Å². The fraction of sp³-hybridized carbons (Fsp3) is 0.364. The van der Waals surface area contributed by atoms with Crippen LogP contribution in [0.15, 0.2) is 30.3 Å². The molecular weight excluding hydrogens is 210 g/mol. The zero-order valence-electron chi connectivity index (χ0n) is 8.39. The normalized spacial score (nSPS) is 17.8. The van der Waals surface area contributed by atoms with Crippen LogP contribution in [0.5, 0.6) is 0 Å². The van der Waals surface area contributed by atoms with Gasteiger partial charge < -0.3 is 9.45 Å². The molecule has 0 N–H and O–H groups in total. The van der Waals surface area contributed by atoms with Crippen LogP contribution in [0.3, 0.4) is 0 Å². The second-order valence-corrected chi connectivity index (χ2v) is 5.20. The SMILES string of the molecule is O=C(c1ccccc1)N1CC[S+]([O-])CC1. The van der Waals surface area contributed by atoms with E-state index in [1.165, 1.54) is 0 Å². The fourth-order valence-electron chi connectivity index (χ4n) is 1.60. The maximum absolute atomic E-state index is 11.9. The predicted molar refractivity (Wildman–Crippen MR) is 60.2 cm³/mol. The maximum Gasteiger partial charge on any atom is 0.254 e. The van der Waals surface area contributed by atoms with Gasteiger partial charge in [0.2, 0.25) is 0 Å². The van der Waals surface area contributed by atoms with Crippen LogP contribution in [0.1, 0.15) is 10.4 Å². The first kappa shape index (κ1) is 10.5. The van der Waals surface area contributed by atoms with E-state index >= 15 is 0 Å². The number of hydrogen-bond acceptors (Lipinski definition) is 2. The second kappa shape index (κ2) is 4.68. The smallest absolute Gasteiger partial charge is 0.254 e. The van der Waals surface area contributed by atoms with Crippen LogP contribution in [-0.4, -0.2) is 40.0 Å². The number of carbonyl (C=O) groups excluding carboxylic acids is 1. The first-order valence-corrected chi connectivity index (χ1v) is 6.45. The van der Waals surface area contributed by atoms with Gasteiger partial charge in [-0.3, -0.25) is 4.79 Å². The van der Waals surface area contributed by atoms with E-state index in [1.807, 2.05) is 30.3 Å². The van der Waals surface area contributed by atoms with Crippen molar-refractivity contribution in [1.82, 2.24) is 4.90 Å². The molecule has 0 atom stereocenters. The van der Waals surface area contributed by atoms with E-state index in [9.17, 15) is 9.35 Å². The van der Waals surface area contributed by atoms with E-state index < -0.39 is 11.2 Å². The summed E-state index contributed by atoms with van der Waals surface area (Å²) < 4.78 is 11.1. The molecule has 80 valence electrons. The molecule has 15 heavy (non-hydrogen) atoms. The topological polar surface area (TPSA) is 43.4 Å². The van der Waals surface area contributed by atoms with Crippen molar-refractivity contribution in [3.63, 3.8) is 0 Å². The van der Waals surface area contributed by atoms with Gasteiger partial charge in [0.15, 0.2) is 0 Å². The van der Waals surface area contributed by atoms with Gasteiger partial charge in [0.1, 0.15) is 11.5 Å². The summed E-state index contributed by atoms with van der Waals surface area (Å²) in [6, 6.07) is 9.23. The van der Waals surface area contributed by atoms with Crippen molar-refractivity contribution in [2.75, 3.05) is 24.6 Å². The van der Waals surface area contributed by atoms with Gasteiger partial charge in [0.05, 0.1) is 13.1 Å². The molecule has 0 unspecified atom stereocenters. The van der Waals surface area contributed by atoms with Crippen LogP contribution in [0, 0.1) is 0 Å².